The highest BCUT2D eigenvalue weighted by Crippen LogP contribution is 2.63. The fraction of sp³-hybridized carbons (Fsp3) is 0.444. The van der Waals surface area contributed by atoms with Crippen LogP contribution in [0.25, 0.3) is 0 Å². The predicted molar refractivity (Wildman–Crippen MR) is 126 cm³/mol. The van der Waals surface area contributed by atoms with Crippen LogP contribution in [0.3, 0.4) is 0 Å². The lowest BCUT2D eigenvalue weighted by molar-refractivity contribution is -0.156. The Morgan fingerprint density at radius 3 is 2.05 bits per heavy atom. The first kappa shape index (κ1) is 26.5. The van der Waals surface area contributed by atoms with Crippen LogP contribution < -0.4 is 5.32 Å². The Bertz CT molecular complexity index is 1200. The van der Waals surface area contributed by atoms with Gasteiger partial charge in [-0.05, 0) is 32.9 Å². The maximum absolute atomic E-state index is 14.1. The molecule has 0 bridgehead atoms. The molecule has 2 aromatic carbocycles. The van der Waals surface area contributed by atoms with E-state index in [1.807, 2.05) is 0 Å². The Kier molecular flexibility index (Phi) is 7.23. The number of fused-ring (bicyclic) bond motifs is 1. The number of hydrogen-bond donors (Lipinski definition) is 2. The van der Waals surface area contributed by atoms with Crippen LogP contribution in [0.4, 0.5) is 13.6 Å². The largest absolute Gasteiger partial charge is 0.460 e. The van der Waals surface area contributed by atoms with Crippen molar-refractivity contribution >= 4 is 18.0 Å². The van der Waals surface area contributed by atoms with Gasteiger partial charge in [0.25, 0.3) is 0 Å². The van der Waals surface area contributed by atoms with Gasteiger partial charge in [0.1, 0.15) is 36.0 Å². The summed E-state index contributed by atoms with van der Waals surface area (Å²) < 4.78 is 44.0. The zero-order valence-electron chi connectivity index (χ0n) is 20.7. The van der Waals surface area contributed by atoms with Gasteiger partial charge in [0.2, 0.25) is 0 Å². The van der Waals surface area contributed by atoms with Crippen LogP contribution >= 0.6 is 0 Å². The number of aliphatic hydroxyl groups excluding tert-OH is 1. The topological polar surface area (TPSA) is 111 Å². The van der Waals surface area contributed by atoms with Crippen LogP contribution in [0.1, 0.15) is 38.3 Å². The molecule has 2 aliphatic rings. The lowest BCUT2D eigenvalue weighted by atomic mass is 9.89. The van der Waals surface area contributed by atoms with E-state index in [-0.39, 0.29) is 24.2 Å². The SMILES string of the molecule is CC(C)(C)OC(=O)N[C@@]1(C(=O)OCc2ccccc2F)C[C@@H](O)[C@H]2[C@H](C(=O)OCc3ccccc3F)[C@H]21. The van der Waals surface area contributed by atoms with Crippen molar-refractivity contribution in [2.24, 2.45) is 17.8 Å². The summed E-state index contributed by atoms with van der Waals surface area (Å²) in [6.45, 7) is 4.17. The van der Waals surface area contributed by atoms with E-state index in [1.165, 1.54) is 36.4 Å². The number of rotatable bonds is 7. The number of aliphatic hydroxyl groups is 1. The fourth-order valence-electron chi connectivity index (χ4n) is 4.99. The molecule has 1 amide bonds. The van der Waals surface area contributed by atoms with Gasteiger partial charge in [-0.25, -0.2) is 18.4 Å². The molecule has 2 N–H and O–H groups in total. The number of hydrogen-bond acceptors (Lipinski definition) is 7. The van der Waals surface area contributed by atoms with Crippen molar-refractivity contribution in [2.75, 3.05) is 0 Å². The maximum atomic E-state index is 14.1. The minimum Gasteiger partial charge on any atom is -0.460 e. The molecule has 198 valence electrons. The molecule has 37 heavy (non-hydrogen) atoms. The van der Waals surface area contributed by atoms with E-state index < -0.39 is 71.3 Å². The van der Waals surface area contributed by atoms with Crippen molar-refractivity contribution < 1.29 is 42.5 Å². The van der Waals surface area contributed by atoms with Gasteiger partial charge in [0.05, 0.1) is 12.0 Å². The Morgan fingerprint density at radius 1 is 0.973 bits per heavy atom. The smallest absolute Gasteiger partial charge is 0.408 e. The van der Waals surface area contributed by atoms with Gasteiger partial charge >= 0.3 is 18.0 Å². The summed E-state index contributed by atoms with van der Waals surface area (Å²) in [7, 11) is 0. The quantitative estimate of drug-likeness (QED) is 0.426. The summed E-state index contributed by atoms with van der Waals surface area (Å²) in [6, 6.07) is 11.6. The second-order valence-electron chi connectivity index (χ2n) is 10.4. The highest BCUT2D eigenvalue weighted by Gasteiger charge is 2.76. The Labute approximate surface area is 212 Å². The van der Waals surface area contributed by atoms with Gasteiger partial charge in [-0.3, -0.25) is 4.79 Å². The molecule has 0 spiro atoms. The molecule has 2 aromatic rings. The number of carbonyl (C=O) groups is 3. The molecular weight excluding hydrogens is 488 g/mol. The molecule has 4 rings (SSSR count). The van der Waals surface area contributed by atoms with E-state index in [0.717, 1.165) is 0 Å². The summed E-state index contributed by atoms with van der Waals surface area (Å²) in [6.07, 6.45) is -2.30. The van der Waals surface area contributed by atoms with Crippen LogP contribution in [0.5, 0.6) is 0 Å². The van der Waals surface area contributed by atoms with Crippen molar-refractivity contribution in [3.05, 3.63) is 71.3 Å². The molecular formula is C27H29F2NO7. The Morgan fingerprint density at radius 2 is 1.51 bits per heavy atom. The van der Waals surface area contributed by atoms with E-state index >= 15 is 0 Å². The number of halogens is 2. The molecule has 5 atom stereocenters. The standard InChI is InChI=1S/C27H29F2NO7/c1-26(2,3)37-25(34)30-27(24(33)36-14-16-9-5-7-11-18(16)29)12-19(31)20-21(22(20)27)23(32)35-13-15-8-4-6-10-17(15)28/h4-11,19-22,31H,12-14H2,1-3H3,(H,30,34)/t19-,20+,21+,22+,27+/m1/s1. The molecule has 0 saturated heterocycles. The molecule has 0 radical (unpaired) electrons. The normalized spacial score (nSPS) is 26.1. The second-order valence-corrected chi connectivity index (χ2v) is 10.4. The molecule has 0 aliphatic heterocycles. The summed E-state index contributed by atoms with van der Waals surface area (Å²) in [5.74, 6) is -5.27. The second kappa shape index (κ2) is 10.1. The van der Waals surface area contributed by atoms with E-state index in [9.17, 15) is 28.3 Å². The molecule has 0 heterocycles. The van der Waals surface area contributed by atoms with Crippen LogP contribution in [-0.2, 0) is 37.0 Å². The molecule has 2 saturated carbocycles. The number of carbonyl (C=O) groups excluding carboxylic acids is 3. The number of benzene rings is 2. The number of ether oxygens (including phenoxy) is 3. The molecule has 10 heteroatoms. The molecule has 0 aromatic heterocycles. The monoisotopic (exact) mass is 517 g/mol. The van der Waals surface area contributed by atoms with Crippen molar-refractivity contribution in [1.29, 1.82) is 0 Å². The number of esters is 2. The van der Waals surface area contributed by atoms with Gasteiger partial charge in [-0.1, -0.05) is 36.4 Å². The minimum absolute atomic E-state index is 0.120. The van der Waals surface area contributed by atoms with Crippen molar-refractivity contribution in [3.8, 4) is 0 Å². The van der Waals surface area contributed by atoms with Crippen LogP contribution in [0, 0.1) is 29.4 Å². The van der Waals surface area contributed by atoms with Crippen molar-refractivity contribution in [1.82, 2.24) is 5.32 Å². The zero-order valence-corrected chi connectivity index (χ0v) is 20.7. The highest BCUT2D eigenvalue weighted by atomic mass is 19.1. The van der Waals surface area contributed by atoms with Gasteiger partial charge in [0, 0.05) is 29.4 Å². The third-order valence-corrected chi connectivity index (χ3v) is 6.62. The van der Waals surface area contributed by atoms with Gasteiger partial charge in [-0.15, -0.1) is 0 Å². The minimum atomic E-state index is -1.81. The van der Waals surface area contributed by atoms with Crippen molar-refractivity contribution in [2.45, 2.75) is 57.6 Å². The summed E-state index contributed by atoms with van der Waals surface area (Å²) in [4.78, 5) is 39.0. The van der Waals surface area contributed by atoms with E-state index in [1.54, 1.807) is 32.9 Å². The zero-order chi connectivity index (χ0) is 27.0. The van der Waals surface area contributed by atoms with Crippen LogP contribution in [0.2, 0.25) is 0 Å². The molecule has 2 aliphatic carbocycles. The van der Waals surface area contributed by atoms with Crippen molar-refractivity contribution in [3.63, 3.8) is 0 Å². The third kappa shape index (κ3) is 5.58. The first-order valence-electron chi connectivity index (χ1n) is 11.9. The van der Waals surface area contributed by atoms with E-state index in [4.69, 9.17) is 14.2 Å². The number of amides is 1. The van der Waals surface area contributed by atoms with E-state index in [2.05, 4.69) is 5.32 Å². The average Bonchev–Trinajstić information content (AvgIpc) is 3.51. The summed E-state index contributed by atoms with van der Waals surface area (Å²) in [5.41, 5.74) is -2.40. The highest BCUT2D eigenvalue weighted by molar-refractivity contribution is 5.91. The summed E-state index contributed by atoms with van der Waals surface area (Å²) in [5, 5.41) is 13.3. The number of nitrogens with one attached hydrogen (secondary N) is 1. The van der Waals surface area contributed by atoms with Gasteiger partial charge in [-0.2, -0.15) is 0 Å². The lowest BCUT2D eigenvalue weighted by Gasteiger charge is -2.32. The van der Waals surface area contributed by atoms with E-state index in [0.29, 0.717) is 0 Å². The molecule has 8 nitrogen and oxygen atoms in total. The Balaban J connectivity index is 1.54. The first-order chi connectivity index (χ1) is 17.4. The maximum Gasteiger partial charge on any atom is 0.408 e. The first-order valence-corrected chi connectivity index (χ1v) is 11.9. The van der Waals surface area contributed by atoms with Gasteiger partial charge in [0.15, 0.2) is 0 Å². The van der Waals surface area contributed by atoms with Crippen LogP contribution in [-0.4, -0.2) is 40.4 Å². The lowest BCUT2D eigenvalue weighted by Crippen LogP contribution is -2.58. The summed E-state index contributed by atoms with van der Waals surface area (Å²) >= 11 is 0. The molecule has 2 fully saturated rings. The Hall–Kier alpha value is -3.53. The third-order valence-electron chi connectivity index (χ3n) is 6.62. The molecule has 0 unspecified atom stereocenters. The van der Waals surface area contributed by atoms with Crippen LogP contribution in [0.15, 0.2) is 48.5 Å². The fourth-order valence-corrected chi connectivity index (χ4v) is 4.99. The predicted octanol–water partition coefficient (Wildman–Crippen LogP) is 3.64. The average molecular weight is 518 g/mol. The van der Waals surface area contributed by atoms with Gasteiger partial charge < -0.3 is 24.6 Å². The number of alkyl carbamates (subject to hydrolysis) is 1.